The summed E-state index contributed by atoms with van der Waals surface area (Å²) in [6, 6.07) is 11.7. The lowest BCUT2D eigenvalue weighted by atomic mass is 9.83. The molecule has 0 aromatic heterocycles. The molecule has 0 bridgehead atoms. The Kier molecular flexibility index (Phi) is 18.1. The van der Waals surface area contributed by atoms with Crippen LogP contribution in [0.15, 0.2) is 36.4 Å². The molecule has 332 valence electrons. The second kappa shape index (κ2) is 21.8. The quantitative estimate of drug-likeness (QED) is 0.0750. The fraction of sp³-hybridized carbons (Fsp3) is 0.588. The van der Waals surface area contributed by atoms with Gasteiger partial charge < -0.3 is 29.5 Å². The molecule has 0 fully saturated rings. The Bertz CT molecular complexity index is 1830. The lowest BCUT2D eigenvalue weighted by Crippen LogP contribution is -2.31. The van der Waals surface area contributed by atoms with Crippen LogP contribution in [0.4, 0.5) is 0 Å². The van der Waals surface area contributed by atoms with Gasteiger partial charge in [0.1, 0.15) is 30.5 Å². The van der Waals surface area contributed by atoms with E-state index in [0.29, 0.717) is 42.9 Å². The zero-order valence-electron chi connectivity index (χ0n) is 38.7. The molecule has 3 aromatic rings. The molecule has 60 heavy (non-hydrogen) atoms. The molecule has 3 N–H and O–H groups in total. The van der Waals surface area contributed by atoms with Crippen molar-refractivity contribution in [3.8, 4) is 17.2 Å². The summed E-state index contributed by atoms with van der Waals surface area (Å²) in [6.07, 6.45) is 5.07. The first-order valence-electron chi connectivity index (χ1n) is 22.0. The van der Waals surface area contributed by atoms with Crippen molar-refractivity contribution in [2.75, 3.05) is 13.2 Å². The lowest BCUT2D eigenvalue weighted by molar-refractivity contribution is -0.166. The first-order chi connectivity index (χ1) is 28.0. The Balaban J connectivity index is 1.75. The molecule has 3 aromatic carbocycles. The van der Waals surface area contributed by atoms with Crippen molar-refractivity contribution < 1.29 is 43.9 Å². The van der Waals surface area contributed by atoms with E-state index in [4.69, 9.17) is 14.2 Å². The van der Waals surface area contributed by atoms with Crippen LogP contribution < -0.4 is 0 Å². The average Bonchev–Trinajstić information content (AvgIpc) is 3.15. The predicted octanol–water partition coefficient (Wildman–Crippen LogP) is 10.7. The summed E-state index contributed by atoms with van der Waals surface area (Å²) in [6.45, 7) is 24.0. The molecule has 0 aliphatic heterocycles. The van der Waals surface area contributed by atoms with Gasteiger partial charge in [-0.15, -0.1) is 0 Å². The van der Waals surface area contributed by atoms with Crippen LogP contribution in [0.25, 0.3) is 0 Å². The van der Waals surface area contributed by atoms with Crippen LogP contribution in [-0.4, -0.2) is 52.5 Å². The molecule has 0 amide bonds. The fourth-order valence-electron chi connectivity index (χ4n) is 7.43. The van der Waals surface area contributed by atoms with Crippen LogP contribution >= 0.6 is 0 Å². The Labute approximate surface area is 360 Å². The molecule has 9 nitrogen and oxygen atoms in total. The van der Waals surface area contributed by atoms with Gasteiger partial charge in [-0.3, -0.25) is 14.4 Å². The van der Waals surface area contributed by atoms with Gasteiger partial charge >= 0.3 is 17.9 Å². The minimum atomic E-state index is -1.03. The standard InChI is InChI=1S/C51H74O9/c1-13-16-36-25-33(28-40(46(36)55)49(4,5)6)19-22-43(52)58-31-39(60-45(54)24-21-35-27-38(18-15-3)48(57)42(30-35)51(10,11)12)32-59-44(53)23-20-34-26-37(17-14-2)47(56)41(29-34)50(7,8)9/h25-30,39,55-57H,13-24,31-32H2,1-12H3. The predicted molar refractivity (Wildman–Crippen MR) is 239 cm³/mol. The van der Waals surface area contributed by atoms with Crippen LogP contribution in [0, 0.1) is 0 Å². The lowest BCUT2D eigenvalue weighted by Gasteiger charge is -2.24. The SMILES string of the molecule is CCCc1cc(CCC(=O)OCC(COC(=O)CCc2cc(CCC)c(O)c(C(C)(C)C)c2)OC(=O)CCc2cc(CCC)c(O)c(C(C)(C)C)c2)cc(C(C)(C)C)c1O. The summed E-state index contributed by atoms with van der Waals surface area (Å²) in [5.74, 6) is -0.610. The van der Waals surface area contributed by atoms with E-state index >= 15 is 0 Å². The Morgan fingerprint density at radius 2 is 0.750 bits per heavy atom. The minimum Gasteiger partial charge on any atom is -0.507 e. The highest BCUT2D eigenvalue weighted by molar-refractivity contribution is 5.72. The summed E-state index contributed by atoms with van der Waals surface area (Å²) in [5, 5.41) is 32.9. The van der Waals surface area contributed by atoms with Gasteiger partial charge in [0.05, 0.1) is 0 Å². The highest BCUT2D eigenvalue weighted by Gasteiger charge is 2.26. The summed E-state index contributed by atoms with van der Waals surface area (Å²) < 4.78 is 17.1. The van der Waals surface area contributed by atoms with Gasteiger partial charge in [-0.2, -0.15) is 0 Å². The van der Waals surface area contributed by atoms with Crippen LogP contribution in [0.1, 0.15) is 172 Å². The summed E-state index contributed by atoms with van der Waals surface area (Å²) in [7, 11) is 0. The van der Waals surface area contributed by atoms with Crippen LogP contribution in [0.5, 0.6) is 17.2 Å². The zero-order valence-corrected chi connectivity index (χ0v) is 38.7. The molecule has 3 rings (SSSR count). The van der Waals surface area contributed by atoms with Gasteiger partial charge in [0.2, 0.25) is 0 Å². The number of ether oxygens (including phenoxy) is 3. The molecule has 0 spiro atoms. The van der Waals surface area contributed by atoms with Crippen LogP contribution in [0.3, 0.4) is 0 Å². The maximum atomic E-state index is 13.4. The van der Waals surface area contributed by atoms with E-state index in [1.807, 2.05) is 98.7 Å². The monoisotopic (exact) mass is 831 g/mol. The second-order valence-electron chi connectivity index (χ2n) is 19.4. The topological polar surface area (TPSA) is 140 Å². The van der Waals surface area contributed by atoms with E-state index in [0.717, 1.165) is 82.2 Å². The van der Waals surface area contributed by atoms with E-state index < -0.39 is 24.0 Å². The molecule has 0 atom stereocenters. The molecule has 0 aliphatic rings. The Morgan fingerprint density at radius 1 is 0.467 bits per heavy atom. The number of aromatic hydroxyl groups is 3. The number of carbonyl (C=O) groups excluding carboxylic acids is 3. The number of hydrogen-bond donors (Lipinski definition) is 3. The smallest absolute Gasteiger partial charge is 0.306 e. The highest BCUT2D eigenvalue weighted by Crippen LogP contribution is 2.38. The van der Waals surface area contributed by atoms with E-state index in [1.54, 1.807) is 0 Å². The van der Waals surface area contributed by atoms with Gasteiger partial charge in [0.25, 0.3) is 0 Å². The van der Waals surface area contributed by atoms with E-state index in [-0.39, 0.29) is 48.7 Å². The molecule has 0 saturated heterocycles. The zero-order chi connectivity index (χ0) is 45.0. The minimum absolute atomic E-state index is 0.0342. The summed E-state index contributed by atoms with van der Waals surface area (Å²) in [5.41, 5.74) is 6.91. The maximum absolute atomic E-state index is 13.4. The number of carbonyl (C=O) groups is 3. The van der Waals surface area contributed by atoms with Crippen molar-refractivity contribution in [3.05, 3.63) is 86.5 Å². The molecular formula is C51H74O9. The summed E-state index contributed by atoms with van der Waals surface area (Å²) >= 11 is 0. The molecule has 0 unspecified atom stereocenters. The van der Waals surface area contributed by atoms with E-state index in [1.165, 1.54) is 0 Å². The van der Waals surface area contributed by atoms with Crippen molar-refractivity contribution in [2.24, 2.45) is 0 Å². The summed E-state index contributed by atoms with van der Waals surface area (Å²) in [4.78, 5) is 39.6. The van der Waals surface area contributed by atoms with E-state index in [2.05, 4.69) is 20.8 Å². The van der Waals surface area contributed by atoms with Gasteiger partial charge in [-0.05, 0) is 105 Å². The number of aryl methyl sites for hydroxylation is 6. The normalized spacial score (nSPS) is 12.2. The number of benzene rings is 3. The van der Waals surface area contributed by atoms with Crippen LogP contribution in [0.2, 0.25) is 0 Å². The molecule has 0 saturated carbocycles. The third-order valence-electron chi connectivity index (χ3n) is 10.7. The third kappa shape index (κ3) is 14.9. The highest BCUT2D eigenvalue weighted by atomic mass is 16.6. The van der Waals surface area contributed by atoms with Crippen molar-refractivity contribution >= 4 is 17.9 Å². The fourth-order valence-corrected chi connectivity index (χ4v) is 7.43. The van der Waals surface area contributed by atoms with Crippen molar-refractivity contribution in [3.63, 3.8) is 0 Å². The van der Waals surface area contributed by atoms with Crippen molar-refractivity contribution in [1.29, 1.82) is 0 Å². The van der Waals surface area contributed by atoms with Crippen molar-refractivity contribution in [1.82, 2.24) is 0 Å². The maximum Gasteiger partial charge on any atom is 0.306 e. The molecule has 0 aliphatic carbocycles. The number of hydrogen-bond acceptors (Lipinski definition) is 9. The molecule has 0 radical (unpaired) electrons. The molecular weight excluding hydrogens is 757 g/mol. The second-order valence-corrected chi connectivity index (χ2v) is 19.4. The largest absolute Gasteiger partial charge is 0.507 e. The Hall–Kier alpha value is -4.53. The first kappa shape index (κ1) is 49.8. The Morgan fingerprint density at radius 3 is 1.02 bits per heavy atom. The van der Waals surface area contributed by atoms with Gasteiger partial charge in [0.15, 0.2) is 6.10 Å². The first-order valence-corrected chi connectivity index (χ1v) is 22.0. The average molecular weight is 831 g/mol. The third-order valence-corrected chi connectivity index (χ3v) is 10.7. The number of esters is 3. The number of rotatable bonds is 20. The van der Waals surface area contributed by atoms with Crippen LogP contribution in [-0.2, 0) is 83.4 Å². The molecule has 0 heterocycles. The van der Waals surface area contributed by atoms with Crippen molar-refractivity contribution in [2.45, 2.75) is 182 Å². The van der Waals surface area contributed by atoms with E-state index in [9.17, 15) is 29.7 Å². The van der Waals surface area contributed by atoms with Gasteiger partial charge in [-0.1, -0.05) is 139 Å². The van der Waals surface area contributed by atoms with Gasteiger partial charge in [-0.25, -0.2) is 0 Å². The number of phenolic OH excluding ortho intramolecular Hbond substituents is 3. The van der Waals surface area contributed by atoms with Gasteiger partial charge in [0, 0.05) is 19.3 Å². The number of phenols is 3. The molecule has 9 heteroatoms.